The van der Waals surface area contributed by atoms with Gasteiger partial charge in [-0.15, -0.1) is 0 Å². The van der Waals surface area contributed by atoms with Gasteiger partial charge in [0.25, 0.3) is 0 Å². The van der Waals surface area contributed by atoms with E-state index in [0.717, 1.165) is 19.0 Å². The Kier molecular flexibility index (Phi) is 3.29. The highest BCUT2D eigenvalue weighted by atomic mass is 16.2. The number of rotatable bonds is 4. The van der Waals surface area contributed by atoms with E-state index in [0.29, 0.717) is 24.4 Å². The summed E-state index contributed by atoms with van der Waals surface area (Å²) in [6.07, 6.45) is 4.53. The van der Waals surface area contributed by atoms with Crippen LogP contribution in [0.1, 0.15) is 39.5 Å². The number of likely N-dealkylation sites (tertiary alicyclic amines) is 1. The molecule has 1 N–H and O–H groups in total. The summed E-state index contributed by atoms with van der Waals surface area (Å²) in [5.74, 6) is 1.17. The van der Waals surface area contributed by atoms with Gasteiger partial charge in [0.1, 0.15) is 0 Å². The average Bonchev–Trinajstić information content (AvgIpc) is 2.77. The molecule has 3 nitrogen and oxygen atoms in total. The monoisotopic (exact) mass is 210 g/mol. The molecule has 2 atom stereocenters. The molecule has 2 fully saturated rings. The molecule has 0 aromatic heterocycles. The third-order valence-electron chi connectivity index (χ3n) is 3.62. The van der Waals surface area contributed by atoms with Gasteiger partial charge in [0, 0.05) is 31.6 Å². The Morgan fingerprint density at radius 3 is 2.80 bits per heavy atom. The minimum Gasteiger partial charge on any atom is -0.339 e. The van der Waals surface area contributed by atoms with Crippen molar-refractivity contribution < 1.29 is 4.79 Å². The molecule has 3 heteroatoms. The first-order valence-electron chi connectivity index (χ1n) is 6.19. The van der Waals surface area contributed by atoms with Gasteiger partial charge in [0.05, 0.1) is 0 Å². The summed E-state index contributed by atoms with van der Waals surface area (Å²) < 4.78 is 0. The molecule has 1 saturated carbocycles. The molecule has 2 unspecified atom stereocenters. The lowest BCUT2D eigenvalue weighted by Gasteiger charge is -2.27. The highest BCUT2D eigenvalue weighted by Crippen LogP contribution is 2.37. The molecule has 86 valence electrons. The summed E-state index contributed by atoms with van der Waals surface area (Å²) in [5, 5.41) is 3.30. The second-order valence-corrected chi connectivity index (χ2v) is 5.24. The number of hydrogen-bond donors (Lipinski definition) is 1. The summed E-state index contributed by atoms with van der Waals surface area (Å²) in [6, 6.07) is 1.06. The second-order valence-electron chi connectivity index (χ2n) is 5.24. The maximum atomic E-state index is 11.9. The maximum Gasteiger partial charge on any atom is 0.224 e. The van der Waals surface area contributed by atoms with Crippen LogP contribution in [-0.2, 0) is 4.79 Å². The number of carbonyl (C=O) groups is 1. The van der Waals surface area contributed by atoms with E-state index in [2.05, 4.69) is 24.1 Å². The van der Waals surface area contributed by atoms with E-state index in [1.165, 1.54) is 19.3 Å². The lowest BCUT2D eigenvalue weighted by Crippen LogP contribution is -2.39. The highest BCUT2D eigenvalue weighted by molar-refractivity contribution is 5.77. The van der Waals surface area contributed by atoms with Crippen LogP contribution in [0, 0.1) is 5.92 Å². The van der Waals surface area contributed by atoms with Crippen molar-refractivity contribution in [2.45, 2.75) is 51.6 Å². The van der Waals surface area contributed by atoms with Gasteiger partial charge >= 0.3 is 0 Å². The van der Waals surface area contributed by atoms with Gasteiger partial charge < -0.3 is 10.2 Å². The van der Waals surface area contributed by atoms with E-state index in [1.54, 1.807) is 0 Å². The summed E-state index contributed by atoms with van der Waals surface area (Å²) in [6.45, 7) is 6.08. The number of hydrogen-bond acceptors (Lipinski definition) is 2. The van der Waals surface area contributed by atoms with Crippen molar-refractivity contribution in [1.29, 1.82) is 0 Å². The smallest absolute Gasteiger partial charge is 0.224 e. The first-order valence-corrected chi connectivity index (χ1v) is 6.19. The molecule has 0 aromatic rings. The topological polar surface area (TPSA) is 32.3 Å². The van der Waals surface area contributed by atoms with Crippen molar-refractivity contribution in [1.82, 2.24) is 10.2 Å². The van der Waals surface area contributed by atoms with Crippen LogP contribution >= 0.6 is 0 Å². The fourth-order valence-corrected chi connectivity index (χ4v) is 2.84. The summed E-state index contributed by atoms with van der Waals surface area (Å²) >= 11 is 0. The van der Waals surface area contributed by atoms with Crippen LogP contribution in [0.5, 0.6) is 0 Å². The molecule has 1 amide bonds. The predicted molar refractivity (Wildman–Crippen MR) is 60.6 cm³/mol. The van der Waals surface area contributed by atoms with E-state index in [4.69, 9.17) is 0 Å². The lowest BCUT2D eigenvalue weighted by atomic mass is 10.1. The summed E-state index contributed by atoms with van der Waals surface area (Å²) in [7, 11) is 0. The SMILES string of the molecule is CC(C)NCCC(=O)N1CC2CCC1C2. The van der Waals surface area contributed by atoms with Crippen LogP contribution in [0.2, 0.25) is 0 Å². The number of fused-ring (bicyclic) bond motifs is 2. The minimum absolute atomic E-state index is 0.357. The van der Waals surface area contributed by atoms with Crippen molar-refractivity contribution in [2.75, 3.05) is 13.1 Å². The third kappa shape index (κ3) is 2.51. The molecular weight excluding hydrogens is 188 g/mol. The van der Waals surface area contributed by atoms with Crippen molar-refractivity contribution >= 4 is 5.91 Å². The van der Waals surface area contributed by atoms with Gasteiger partial charge in [0.15, 0.2) is 0 Å². The molecule has 15 heavy (non-hydrogen) atoms. The average molecular weight is 210 g/mol. The highest BCUT2D eigenvalue weighted by Gasteiger charge is 2.39. The molecule has 0 aromatic carbocycles. The molecule has 1 aliphatic heterocycles. The first kappa shape index (κ1) is 10.9. The summed E-state index contributed by atoms with van der Waals surface area (Å²) in [5.41, 5.74) is 0. The zero-order valence-corrected chi connectivity index (χ0v) is 9.83. The van der Waals surface area contributed by atoms with Crippen molar-refractivity contribution in [2.24, 2.45) is 5.92 Å². The van der Waals surface area contributed by atoms with Crippen LogP contribution < -0.4 is 5.32 Å². The van der Waals surface area contributed by atoms with Gasteiger partial charge in [-0.25, -0.2) is 0 Å². The molecule has 2 bridgehead atoms. The fraction of sp³-hybridized carbons (Fsp3) is 0.917. The van der Waals surface area contributed by atoms with Crippen LogP contribution in [0.4, 0.5) is 0 Å². The van der Waals surface area contributed by atoms with Gasteiger partial charge in [-0.05, 0) is 25.2 Å². The molecule has 2 rings (SSSR count). The Balaban J connectivity index is 1.72. The van der Waals surface area contributed by atoms with E-state index in [1.807, 2.05) is 0 Å². The molecule has 1 heterocycles. The van der Waals surface area contributed by atoms with Crippen LogP contribution in [-0.4, -0.2) is 36.0 Å². The van der Waals surface area contributed by atoms with Gasteiger partial charge in [-0.3, -0.25) is 4.79 Å². The lowest BCUT2D eigenvalue weighted by molar-refractivity contribution is -0.132. The zero-order valence-electron chi connectivity index (χ0n) is 9.83. The van der Waals surface area contributed by atoms with Crippen LogP contribution in [0.3, 0.4) is 0 Å². The Bertz CT molecular complexity index is 240. The third-order valence-corrected chi connectivity index (χ3v) is 3.62. The number of nitrogens with zero attached hydrogens (tertiary/aromatic N) is 1. The van der Waals surface area contributed by atoms with Crippen molar-refractivity contribution in [3.05, 3.63) is 0 Å². The van der Waals surface area contributed by atoms with Gasteiger partial charge in [-0.1, -0.05) is 13.8 Å². The Labute approximate surface area is 92.2 Å². The molecule has 0 spiro atoms. The van der Waals surface area contributed by atoms with Crippen LogP contribution in [0.15, 0.2) is 0 Å². The van der Waals surface area contributed by atoms with Crippen molar-refractivity contribution in [3.8, 4) is 0 Å². The Morgan fingerprint density at radius 1 is 1.47 bits per heavy atom. The molecule has 0 radical (unpaired) electrons. The second kappa shape index (κ2) is 4.52. The Morgan fingerprint density at radius 2 is 2.27 bits per heavy atom. The first-order chi connectivity index (χ1) is 7.16. The largest absolute Gasteiger partial charge is 0.339 e. The van der Waals surface area contributed by atoms with E-state index >= 15 is 0 Å². The zero-order chi connectivity index (χ0) is 10.8. The molecule has 2 aliphatic rings. The number of nitrogens with one attached hydrogen (secondary N) is 1. The number of piperidine rings is 1. The molecule has 1 saturated heterocycles. The van der Waals surface area contributed by atoms with Gasteiger partial charge in [0.2, 0.25) is 5.91 Å². The molecular formula is C12H22N2O. The Hall–Kier alpha value is -0.570. The van der Waals surface area contributed by atoms with E-state index in [9.17, 15) is 4.79 Å². The predicted octanol–water partition coefficient (Wildman–Crippen LogP) is 1.39. The number of amides is 1. The maximum absolute atomic E-state index is 11.9. The van der Waals surface area contributed by atoms with E-state index in [-0.39, 0.29) is 0 Å². The minimum atomic E-state index is 0.357. The van der Waals surface area contributed by atoms with Crippen LogP contribution in [0.25, 0.3) is 0 Å². The van der Waals surface area contributed by atoms with Crippen molar-refractivity contribution in [3.63, 3.8) is 0 Å². The quantitative estimate of drug-likeness (QED) is 0.760. The normalized spacial score (nSPS) is 29.1. The standard InChI is InChI=1S/C12H22N2O/c1-9(2)13-6-5-12(15)14-8-10-3-4-11(14)7-10/h9-11,13H,3-8H2,1-2H3. The summed E-state index contributed by atoms with van der Waals surface area (Å²) in [4.78, 5) is 14.0. The fourth-order valence-electron chi connectivity index (χ4n) is 2.84. The molecule has 1 aliphatic carbocycles. The number of carbonyl (C=O) groups excluding carboxylic acids is 1. The van der Waals surface area contributed by atoms with Gasteiger partial charge in [-0.2, -0.15) is 0 Å². The van der Waals surface area contributed by atoms with E-state index < -0.39 is 0 Å².